The van der Waals surface area contributed by atoms with Gasteiger partial charge in [-0.1, -0.05) is 60.7 Å². The molecule has 0 atom stereocenters. The van der Waals surface area contributed by atoms with E-state index in [1.54, 1.807) is 13.1 Å². The highest BCUT2D eigenvalue weighted by Gasteiger charge is 2.23. The normalized spacial score (nSPS) is 10.9. The van der Waals surface area contributed by atoms with E-state index in [4.69, 9.17) is 9.47 Å². The predicted molar refractivity (Wildman–Crippen MR) is 131 cm³/mol. The zero-order valence-corrected chi connectivity index (χ0v) is 19.3. The molecule has 0 saturated heterocycles. The minimum atomic E-state index is -0.790. The molecule has 0 fully saturated rings. The van der Waals surface area contributed by atoms with Crippen LogP contribution in [0.25, 0.3) is 5.52 Å². The number of ether oxygens (including phenoxy) is 2. The highest BCUT2D eigenvalue weighted by Crippen LogP contribution is 2.19. The van der Waals surface area contributed by atoms with Crippen LogP contribution in [0.2, 0.25) is 0 Å². The van der Waals surface area contributed by atoms with Crippen molar-refractivity contribution in [3.63, 3.8) is 0 Å². The minimum Gasteiger partial charge on any atom is -0.483 e. The number of nitrogens with zero attached hydrogens (tertiary/aromatic N) is 2. The van der Waals surface area contributed by atoms with Crippen molar-refractivity contribution in [1.82, 2.24) is 8.97 Å². The molecule has 1 N–H and O–H groups in total. The fraction of sp³-hybridized carbons (Fsp3) is 0.222. The summed E-state index contributed by atoms with van der Waals surface area (Å²) in [6, 6.07) is 18.8. The Morgan fingerprint density at radius 1 is 0.943 bits per heavy atom. The van der Waals surface area contributed by atoms with Gasteiger partial charge in [0.1, 0.15) is 12.2 Å². The second-order valence-electron chi connectivity index (χ2n) is 7.92. The molecule has 0 unspecified atom stereocenters. The van der Waals surface area contributed by atoms with Gasteiger partial charge < -0.3 is 23.5 Å². The van der Waals surface area contributed by atoms with Crippen molar-refractivity contribution in [1.29, 1.82) is 0 Å². The van der Waals surface area contributed by atoms with Gasteiger partial charge in [-0.3, -0.25) is 9.59 Å². The maximum atomic E-state index is 13.4. The van der Waals surface area contributed by atoms with Crippen molar-refractivity contribution in [3.05, 3.63) is 116 Å². The third-order valence-electron chi connectivity index (χ3n) is 5.53. The maximum Gasteiger partial charge on any atom is 0.343 e. The first-order valence-corrected chi connectivity index (χ1v) is 11.3. The Hall–Kier alpha value is -4.17. The molecule has 0 amide bonds. The van der Waals surface area contributed by atoms with Gasteiger partial charge in [0.25, 0.3) is 5.56 Å². The summed E-state index contributed by atoms with van der Waals surface area (Å²) in [6.07, 6.45) is 3.37. The van der Waals surface area contributed by atoms with Crippen LogP contribution in [0, 0.1) is 0 Å². The van der Waals surface area contributed by atoms with Gasteiger partial charge >= 0.3 is 5.97 Å². The van der Waals surface area contributed by atoms with Gasteiger partial charge in [0.2, 0.25) is 5.43 Å². The van der Waals surface area contributed by atoms with E-state index < -0.39 is 17.0 Å². The molecule has 0 saturated carbocycles. The number of carbonyl (C=O) groups is 1. The first kappa shape index (κ1) is 24.0. The van der Waals surface area contributed by atoms with Gasteiger partial charge in [-0.15, -0.1) is 0 Å². The Labute approximate surface area is 201 Å². The van der Waals surface area contributed by atoms with Gasteiger partial charge in [-0.25, -0.2) is 4.79 Å². The van der Waals surface area contributed by atoms with Crippen molar-refractivity contribution < 1.29 is 19.4 Å². The first-order valence-electron chi connectivity index (χ1n) is 11.3. The first-order chi connectivity index (χ1) is 17.0. The molecule has 0 spiro atoms. The van der Waals surface area contributed by atoms with Gasteiger partial charge in [0, 0.05) is 31.1 Å². The van der Waals surface area contributed by atoms with E-state index >= 15 is 0 Å². The number of hydrogen-bond acceptors (Lipinski definition) is 6. The van der Waals surface area contributed by atoms with Crippen molar-refractivity contribution in [2.24, 2.45) is 0 Å². The van der Waals surface area contributed by atoms with Crippen LogP contribution in [-0.4, -0.2) is 33.3 Å². The predicted octanol–water partition coefficient (Wildman–Crippen LogP) is 2.80. The molecule has 4 aromatic rings. The number of esters is 1. The van der Waals surface area contributed by atoms with Gasteiger partial charge in [0.05, 0.1) is 13.2 Å². The average molecular weight is 475 g/mol. The van der Waals surface area contributed by atoms with E-state index in [0.717, 1.165) is 11.1 Å². The van der Waals surface area contributed by atoms with E-state index in [0.29, 0.717) is 12.1 Å². The number of aliphatic hydroxyl groups is 1. The molecule has 0 bridgehead atoms. The summed E-state index contributed by atoms with van der Waals surface area (Å²) in [4.78, 5) is 39.4. The summed E-state index contributed by atoms with van der Waals surface area (Å²) < 4.78 is 13.9. The Morgan fingerprint density at radius 2 is 1.60 bits per heavy atom. The number of carbonyl (C=O) groups excluding carboxylic acids is 1. The molecule has 0 aliphatic rings. The second kappa shape index (κ2) is 10.8. The molecule has 8 heteroatoms. The van der Waals surface area contributed by atoms with Gasteiger partial charge in [0.15, 0.2) is 11.3 Å². The number of hydrogen-bond donors (Lipinski definition) is 1. The van der Waals surface area contributed by atoms with E-state index in [1.165, 1.54) is 15.2 Å². The van der Waals surface area contributed by atoms with Crippen LogP contribution >= 0.6 is 0 Å². The molecule has 2 aromatic carbocycles. The third-order valence-corrected chi connectivity index (χ3v) is 5.53. The summed E-state index contributed by atoms with van der Waals surface area (Å²) in [6.45, 7) is 1.56. The highest BCUT2D eigenvalue weighted by molar-refractivity contribution is 5.90. The van der Waals surface area contributed by atoms with E-state index in [9.17, 15) is 19.5 Å². The van der Waals surface area contributed by atoms with Crippen molar-refractivity contribution in [3.8, 4) is 5.75 Å². The zero-order valence-electron chi connectivity index (χ0n) is 19.3. The van der Waals surface area contributed by atoms with Crippen LogP contribution in [0.3, 0.4) is 0 Å². The lowest BCUT2D eigenvalue weighted by atomic mass is 10.1. The molecule has 0 radical (unpaired) electrons. The summed E-state index contributed by atoms with van der Waals surface area (Å²) in [5.41, 5.74) is 0.945. The Balaban J connectivity index is 1.97. The summed E-state index contributed by atoms with van der Waals surface area (Å²) in [5.74, 6) is -1.02. The number of rotatable bonds is 9. The van der Waals surface area contributed by atoms with Crippen LogP contribution in [0.5, 0.6) is 5.75 Å². The number of pyridine rings is 1. The number of fused-ring (bicyclic) bond motifs is 1. The lowest BCUT2D eigenvalue weighted by Gasteiger charge is -2.17. The summed E-state index contributed by atoms with van der Waals surface area (Å²) in [7, 11) is 0. The van der Waals surface area contributed by atoms with E-state index in [1.807, 2.05) is 60.7 Å². The largest absolute Gasteiger partial charge is 0.483 e. The number of aromatic nitrogens is 2. The standard InChI is InChI=1S/C27H26N2O6/c1-2-34-27(33)22-17-29-21(15-19-9-5-3-6-10-19)16-28(13-14-30)26(32)23(29)25(24(22)31)35-18-20-11-7-4-8-12-20/h3-12,16-17,30H,2,13-15,18H2,1H3. The number of aliphatic hydroxyl groups excluding tert-OH is 1. The SMILES string of the molecule is CCOC(=O)c1cn2c(Cc3ccccc3)cn(CCO)c(=O)c2c(OCc2ccccc2)c1=O. The van der Waals surface area contributed by atoms with Crippen molar-refractivity contribution in [2.75, 3.05) is 13.2 Å². The molecular formula is C27H26N2O6. The molecule has 2 heterocycles. The van der Waals surface area contributed by atoms with Crippen molar-refractivity contribution >= 4 is 11.5 Å². The molecule has 180 valence electrons. The van der Waals surface area contributed by atoms with Crippen LogP contribution in [0.1, 0.15) is 34.1 Å². The average Bonchev–Trinajstić information content (AvgIpc) is 2.87. The van der Waals surface area contributed by atoms with Gasteiger partial charge in [-0.05, 0) is 18.1 Å². The quantitative estimate of drug-likeness (QED) is 0.375. The molecule has 35 heavy (non-hydrogen) atoms. The zero-order chi connectivity index (χ0) is 24.8. The fourth-order valence-corrected chi connectivity index (χ4v) is 3.88. The number of benzene rings is 2. The topological polar surface area (TPSA) is 99.2 Å². The molecule has 0 aliphatic heterocycles. The monoisotopic (exact) mass is 474 g/mol. The third kappa shape index (κ3) is 5.17. The van der Waals surface area contributed by atoms with Crippen LogP contribution in [0.15, 0.2) is 82.6 Å². The lowest BCUT2D eigenvalue weighted by molar-refractivity contribution is 0.0523. The molecule has 0 aliphatic carbocycles. The Kier molecular flexibility index (Phi) is 7.42. The van der Waals surface area contributed by atoms with E-state index in [-0.39, 0.29) is 43.2 Å². The molecule has 2 aromatic heterocycles. The van der Waals surface area contributed by atoms with Crippen LogP contribution < -0.4 is 15.7 Å². The fourth-order valence-electron chi connectivity index (χ4n) is 3.88. The van der Waals surface area contributed by atoms with Gasteiger partial charge in [-0.2, -0.15) is 0 Å². The second-order valence-corrected chi connectivity index (χ2v) is 7.92. The molecular weight excluding hydrogens is 448 g/mol. The highest BCUT2D eigenvalue weighted by atomic mass is 16.5. The summed E-state index contributed by atoms with van der Waals surface area (Å²) >= 11 is 0. The van der Waals surface area contributed by atoms with Crippen LogP contribution in [0.4, 0.5) is 0 Å². The molecule has 4 rings (SSSR count). The van der Waals surface area contributed by atoms with Crippen molar-refractivity contribution in [2.45, 2.75) is 26.5 Å². The smallest absolute Gasteiger partial charge is 0.343 e. The minimum absolute atomic E-state index is 0.000797. The van der Waals surface area contributed by atoms with Crippen LogP contribution in [-0.2, 0) is 24.3 Å². The molecule has 8 nitrogen and oxygen atoms in total. The summed E-state index contributed by atoms with van der Waals surface area (Å²) in [5, 5.41) is 9.53. The Morgan fingerprint density at radius 3 is 2.23 bits per heavy atom. The van der Waals surface area contributed by atoms with E-state index in [2.05, 4.69) is 0 Å². The Bertz CT molecular complexity index is 1440. The maximum absolute atomic E-state index is 13.4. The lowest BCUT2D eigenvalue weighted by Crippen LogP contribution is -2.30.